The highest BCUT2D eigenvalue weighted by molar-refractivity contribution is 9.09. The highest BCUT2D eigenvalue weighted by atomic mass is 79.9. The SMILES string of the molecule is CN(C=O)CCCCBr. The molecule has 0 spiro atoms. The van der Waals surface area contributed by atoms with Gasteiger partial charge in [-0.15, -0.1) is 0 Å². The van der Waals surface area contributed by atoms with Crippen LogP contribution in [0, 0.1) is 0 Å². The Morgan fingerprint density at radius 2 is 2.22 bits per heavy atom. The van der Waals surface area contributed by atoms with Crippen LogP contribution in [0.1, 0.15) is 12.8 Å². The first-order valence-corrected chi connectivity index (χ1v) is 4.15. The molecule has 0 saturated carbocycles. The molecule has 9 heavy (non-hydrogen) atoms. The van der Waals surface area contributed by atoms with E-state index in [0.717, 1.165) is 31.1 Å². The monoisotopic (exact) mass is 193 g/mol. The van der Waals surface area contributed by atoms with Gasteiger partial charge in [0, 0.05) is 18.9 Å². The fraction of sp³-hybridized carbons (Fsp3) is 0.833. The van der Waals surface area contributed by atoms with Crippen LogP contribution in [0.2, 0.25) is 0 Å². The fourth-order valence-electron chi connectivity index (χ4n) is 0.508. The molecule has 0 N–H and O–H groups in total. The van der Waals surface area contributed by atoms with Gasteiger partial charge in [-0.2, -0.15) is 0 Å². The quantitative estimate of drug-likeness (QED) is 0.366. The summed E-state index contributed by atoms with van der Waals surface area (Å²) in [6.45, 7) is 0.870. The number of unbranched alkanes of at least 4 members (excludes halogenated alkanes) is 1. The van der Waals surface area contributed by atoms with Gasteiger partial charge >= 0.3 is 0 Å². The van der Waals surface area contributed by atoms with Crippen molar-refractivity contribution in [1.29, 1.82) is 0 Å². The van der Waals surface area contributed by atoms with Crippen LogP contribution in [0.5, 0.6) is 0 Å². The van der Waals surface area contributed by atoms with Gasteiger partial charge in [0.15, 0.2) is 0 Å². The van der Waals surface area contributed by atoms with Crippen molar-refractivity contribution >= 4 is 22.3 Å². The average molecular weight is 194 g/mol. The summed E-state index contributed by atoms with van der Waals surface area (Å²) in [5.41, 5.74) is 0. The van der Waals surface area contributed by atoms with Crippen molar-refractivity contribution in [2.75, 3.05) is 18.9 Å². The third-order valence-electron chi connectivity index (χ3n) is 1.07. The van der Waals surface area contributed by atoms with Gasteiger partial charge in [-0.3, -0.25) is 4.79 Å². The summed E-state index contributed by atoms with van der Waals surface area (Å²) in [5, 5.41) is 1.03. The van der Waals surface area contributed by atoms with E-state index in [1.54, 1.807) is 11.9 Å². The van der Waals surface area contributed by atoms with Gasteiger partial charge in [-0.1, -0.05) is 15.9 Å². The third-order valence-corrected chi connectivity index (χ3v) is 1.64. The summed E-state index contributed by atoms with van der Waals surface area (Å²) in [6.07, 6.45) is 3.08. The number of carbonyl (C=O) groups is 1. The Kier molecular flexibility index (Phi) is 6.04. The van der Waals surface area contributed by atoms with Crippen LogP contribution in [0.4, 0.5) is 0 Å². The molecule has 1 amide bonds. The highest BCUT2D eigenvalue weighted by Gasteiger charge is 1.90. The minimum atomic E-state index is 0.855. The van der Waals surface area contributed by atoms with Gasteiger partial charge in [0.1, 0.15) is 0 Å². The molecule has 0 radical (unpaired) electrons. The molecule has 0 rings (SSSR count). The lowest BCUT2D eigenvalue weighted by atomic mass is 10.3. The van der Waals surface area contributed by atoms with E-state index in [1.165, 1.54) is 0 Å². The lowest BCUT2D eigenvalue weighted by Crippen LogP contribution is -2.16. The number of amides is 1. The van der Waals surface area contributed by atoms with Gasteiger partial charge in [0.2, 0.25) is 6.41 Å². The number of halogens is 1. The lowest BCUT2D eigenvalue weighted by Gasteiger charge is -2.07. The van der Waals surface area contributed by atoms with Crippen LogP contribution in [-0.2, 0) is 4.79 Å². The molecular formula is C6H12BrNO. The highest BCUT2D eigenvalue weighted by Crippen LogP contribution is 1.93. The predicted molar refractivity (Wildman–Crippen MR) is 41.7 cm³/mol. The molecule has 0 aliphatic rings. The normalized spacial score (nSPS) is 9.11. The minimum Gasteiger partial charge on any atom is -0.348 e. The van der Waals surface area contributed by atoms with Crippen molar-refractivity contribution in [3.05, 3.63) is 0 Å². The standard InChI is InChI=1S/C6H12BrNO/c1-8(6-9)5-3-2-4-7/h6H,2-5H2,1H3. The van der Waals surface area contributed by atoms with E-state index in [4.69, 9.17) is 0 Å². The molecule has 0 aliphatic heterocycles. The van der Waals surface area contributed by atoms with Crippen LogP contribution < -0.4 is 0 Å². The van der Waals surface area contributed by atoms with Crippen molar-refractivity contribution in [2.45, 2.75) is 12.8 Å². The zero-order valence-corrected chi connectivity index (χ0v) is 7.23. The third kappa shape index (κ3) is 5.83. The Morgan fingerprint density at radius 1 is 1.56 bits per heavy atom. The molecule has 0 unspecified atom stereocenters. The number of nitrogens with zero attached hydrogens (tertiary/aromatic N) is 1. The van der Waals surface area contributed by atoms with Gasteiger partial charge in [0.25, 0.3) is 0 Å². The maximum atomic E-state index is 10.0. The van der Waals surface area contributed by atoms with E-state index in [-0.39, 0.29) is 0 Å². The average Bonchev–Trinajstić information content (AvgIpc) is 1.89. The molecule has 0 fully saturated rings. The van der Waals surface area contributed by atoms with E-state index >= 15 is 0 Å². The summed E-state index contributed by atoms with van der Waals surface area (Å²) in [5.74, 6) is 0. The summed E-state index contributed by atoms with van der Waals surface area (Å²) in [4.78, 5) is 11.7. The van der Waals surface area contributed by atoms with E-state index in [2.05, 4.69) is 15.9 Å². The van der Waals surface area contributed by atoms with Crippen molar-refractivity contribution in [1.82, 2.24) is 4.90 Å². The van der Waals surface area contributed by atoms with Crippen LogP contribution >= 0.6 is 15.9 Å². The predicted octanol–water partition coefficient (Wildman–Crippen LogP) is 1.25. The Morgan fingerprint density at radius 3 is 2.67 bits per heavy atom. The summed E-state index contributed by atoms with van der Waals surface area (Å²) in [7, 11) is 1.79. The molecule has 0 heterocycles. The lowest BCUT2D eigenvalue weighted by molar-refractivity contribution is -0.117. The van der Waals surface area contributed by atoms with E-state index < -0.39 is 0 Å². The Hall–Kier alpha value is -0.0500. The van der Waals surface area contributed by atoms with E-state index in [0.29, 0.717) is 0 Å². The number of hydrogen-bond donors (Lipinski definition) is 0. The molecule has 2 nitrogen and oxygen atoms in total. The topological polar surface area (TPSA) is 20.3 Å². The molecule has 3 heteroatoms. The maximum Gasteiger partial charge on any atom is 0.209 e. The molecular weight excluding hydrogens is 182 g/mol. The molecule has 0 aromatic rings. The van der Waals surface area contributed by atoms with Gasteiger partial charge in [0.05, 0.1) is 0 Å². The molecule has 0 aromatic heterocycles. The minimum absolute atomic E-state index is 0.855. The molecule has 0 bridgehead atoms. The number of rotatable bonds is 5. The number of alkyl halides is 1. The first kappa shape index (κ1) is 8.95. The first-order chi connectivity index (χ1) is 4.31. The number of hydrogen-bond acceptors (Lipinski definition) is 1. The second kappa shape index (κ2) is 6.08. The van der Waals surface area contributed by atoms with Crippen LogP contribution in [-0.4, -0.2) is 30.2 Å². The van der Waals surface area contributed by atoms with Crippen LogP contribution in [0.15, 0.2) is 0 Å². The summed E-state index contributed by atoms with van der Waals surface area (Å²) < 4.78 is 0. The van der Waals surface area contributed by atoms with E-state index in [1.807, 2.05) is 0 Å². The van der Waals surface area contributed by atoms with Gasteiger partial charge in [-0.25, -0.2) is 0 Å². The maximum absolute atomic E-state index is 10.0. The van der Waals surface area contributed by atoms with Gasteiger partial charge < -0.3 is 4.90 Å². The number of carbonyl (C=O) groups excluding carboxylic acids is 1. The van der Waals surface area contributed by atoms with Crippen molar-refractivity contribution in [2.24, 2.45) is 0 Å². The fourth-order valence-corrected chi connectivity index (χ4v) is 0.905. The van der Waals surface area contributed by atoms with Crippen molar-refractivity contribution in [3.8, 4) is 0 Å². The second-order valence-corrected chi connectivity index (χ2v) is 2.78. The molecule has 0 aliphatic carbocycles. The first-order valence-electron chi connectivity index (χ1n) is 3.02. The Bertz CT molecular complexity index is 77.5. The smallest absolute Gasteiger partial charge is 0.209 e. The molecule has 0 atom stereocenters. The zero-order chi connectivity index (χ0) is 7.11. The molecule has 0 saturated heterocycles. The van der Waals surface area contributed by atoms with Gasteiger partial charge in [-0.05, 0) is 12.8 Å². The van der Waals surface area contributed by atoms with E-state index in [9.17, 15) is 4.79 Å². The molecule has 54 valence electrons. The Labute approximate surface area is 64.4 Å². The largest absolute Gasteiger partial charge is 0.348 e. The molecule has 0 aromatic carbocycles. The zero-order valence-electron chi connectivity index (χ0n) is 5.64. The van der Waals surface area contributed by atoms with Crippen molar-refractivity contribution < 1.29 is 4.79 Å². The van der Waals surface area contributed by atoms with Crippen LogP contribution in [0.25, 0.3) is 0 Å². The van der Waals surface area contributed by atoms with Crippen molar-refractivity contribution in [3.63, 3.8) is 0 Å². The Balaban J connectivity index is 2.96. The summed E-state index contributed by atoms with van der Waals surface area (Å²) >= 11 is 3.31. The van der Waals surface area contributed by atoms with Crippen LogP contribution in [0.3, 0.4) is 0 Å². The summed E-state index contributed by atoms with van der Waals surface area (Å²) in [6, 6.07) is 0. The second-order valence-electron chi connectivity index (χ2n) is 1.98.